The molecule has 3 N–H and O–H groups in total. The predicted octanol–water partition coefficient (Wildman–Crippen LogP) is 2.87. The summed E-state index contributed by atoms with van der Waals surface area (Å²) in [5.74, 6) is -0.414. The molecule has 1 atom stereocenters. The molecule has 0 spiro atoms. The monoisotopic (exact) mass is 306 g/mol. The van der Waals surface area contributed by atoms with E-state index in [-0.39, 0.29) is 18.3 Å². The summed E-state index contributed by atoms with van der Waals surface area (Å²) < 4.78 is 40.0. The third kappa shape index (κ3) is 6.84. The third-order valence-corrected chi connectivity index (χ3v) is 2.63. The zero-order valence-electron chi connectivity index (χ0n) is 11.4. The summed E-state index contributed by atoms with van der Waals surface area (Å²) in [6, 6.07) is 4.22. The van der Waals surface area contributed by atoms with E-state index in [4.69, 9.17) is 5.11 Å². The number of alkyl halides is 3. The van der Waals surface area contributed by atoms with Crippen molar-refractivity contribution < 1.29 is 27.8 Å². The summed E-state index contributed by atoms with van der Waals surface area (Å²) in [5, 5.41) is 13.8. The number of halogens is 3. The van der Waals surface area contributed by atoms with Crippen LogP contribution < -0.4 is 15.4 Å². The number of urea groups is 1. The number of nitrogens with one attached hydrogen (secondary N) is 2. The summed E-state index contributed by atoms with van der Waals surface area (Å²) in [6.07, 6.45) is -3.75. The van der Waals surface area contributed by atoms with Gasteiger partial charge in [0.15, 0.2) is 0 Å². The molecule has 0 fully saturated rings. The van der Waals surface area contributed by atoms with Gasteiger partial charge < -0.3 is 20.5 Å². The van der Waals surface area contributed by atoms with Crippen LogP contribution in [0.1, 0.15) is 19.8 Å². The Morgan fingerprint density at radius 2 is 2.14 bits per heavy atom. The first kappa shape index (κ1) is 17.1. The summed E-state index contributed by atoms with van der Waals surface area (Å²) in [5.41, 5.74) is 0.174. The summed E-state index contributed by atoms with van der Waals surface area (Å²) >= 11 is 0. The molecule has 1 aromatic carbocycles. The Bertz CT molecular complexity index is 466. The van der Waals surface area contributed by atoms with Gasteiger partial charge in [0, 0.05) is 24.4 Å². The standard InChI is InChI=1S/C13H17F3N2O3/c1-2-9(6-7-19)17-12(20)18-10-4-3-5-11(8-10)21-13(14,15)16/h3-5,8-9,19H,2,6-7H2,1H3,(H2,17,18,20). The molecule has 8 heteroatoms. The number of hydrogen-bond donors (Lipinski definition) is 3. The number of carbonyl (C=O) groups is 1. The molecule has 0 saturated carbocycles. The fraction of sp³-hybridized carbons (Fsp3) is 0.462. The van der Waals surface area contributed by atoms with Crippen molar-refractivity contribution in [3.63, 3.8) is 0 Å². The number of ether oxygens (including phenoxy) is 1. The van der Waals surface area contributed by atoms with Crippen LogP contribution >= 0.6 is 0 Å². The molecule has 2 amide bonds. The van der Waals surface area contributed by atoms with Gasteiger partial charge in [0.25, 0.3) is 0 Å². The van der Waals surface area contributed by atoms with E-state index >= 15 is 0 Å². The molecule has 1 rings (SSSR count). The smallest absolute Gasteiger partial charge is 0.406 e. The molecule has 0 aliphatic carbocycles. The number of rotatable bonds is 6. The number of aliphatic hydroxyl groups excluding tert-OH is 1. The summed E-state index contributed by atoms with van der Waals surface area (Å²) in [4.78, 5) is 11.7. The molecular formula is C13H17F3N2O3. The molecule has 0 saturated heterocycles. The quantitative estimate of drug-likeness (QED) is 0.757. The van der Waals surface area contributed by atoms with Crippen LogP contribution in [0.15, 0.2) is 24.3 Å². The molecule has 0 heterocycles. The Balaban J connectivity index is 2.62. The molecule has 0 aromatic heterocycles. The van der Waals surface area contributed by atoms with Crippen LogP contribution in [-0.2, 0) is 0 Å². The average molecular weight is 306 g/mol. The second kappa shape index (κ2) is 7.72. The Hall–Kier alpha value is -1.96. The van der Waals surface area contributed by atoms with E-state index in [1.807, 2.05) is 6.92 Å². The maximum Gasteiger partial charge on any atom is 0.573 e. The first-order chi connectivity index (χ1) is 9.84. The van der Waals surface area contributed by atoms with Gasteiger partial charge >= 0.3 is 12.4 Å². The number of anilines is 1. The van der Waals surface area contributed by atoms with Crippen LogP contribution in [0.2, 0.25) is 0 Å². The molecule has 0 aliphatic rings. The average Bonchev–Trinajstić information content (AvgIpc) is 2.36. The Morgan fingerprint density at radius 3 is 2.71 bits per heavy atom. The number of aliphatic hydroxyl groups is 1. The van der Waals surface area contributed by atoms with Crippen LogP contribution in [0, 0.1) is 0 Å². The van der Waals surface area contributed by atoms with Crippen LogP contribution in [-0.4, -0.2) is 30.1 Å². The number of amides is 2. The minimum atomic E-state index is -4.78. The van der Waals surface area contributed by atoms with Gasteiger partial charge in [0.05, 0.1) is 0 Å². The molecule has 0 aliphatic heterocycles. The highest BCUT2D eigenvalue weighted by atomic mass is 19.4. The zero-order valence-corrected chi connectivity index (χ0v) is 11.4. The van der Waals surface area contributed by atoms with E-state index in [1.165, 1.54) is 12.1 Å². The molecule has 0 radical (unpaired) electrons. The molecule has 21 heavy (non-hydrogen) atoms. The van der Waals surface area contributed by atoms with Gasteiger partial charge in [-0.05, 0) is 25.0 Å². The fourth-order valence-corrected chi connectivity index (χ4v) is 1.66. The van der Waals surface area contributed by atoms with Gasteiger partial charge in [0.2, 0.25) is 0 Å². The number of hydrogen-bond acceptors (Lipinski definition) is 3. The maximum atomic E-state index is 12.1. The zero-order chi connectivity index (χ0) is 15.9. The first-order valence-electron chi connectivity index (χ1n) is 6.38. The maximum absolute atomic E-state index is 12.1. The lowest BCUT2D eigenvalue weighted by Crippen LogP contribution is -2.38. The SMILES string of the molecule is CCC(CCO)NC(=O)Nc1cccc(OC(F)(F)F)c1. The highest BCUT2D eigenvalue weighted by molar-refractivity contribution is 5.89. The van der Waals surface area contributed by atoms with E-state index in [9.17, 15) is 18.0 Å². The summed E-state index contributed by atoms with van der Waals surface area (Å²) in [7, 11) is 0. The summed E-state index contributed by atoms with van der Waals surface area (Å²) in [6.45, 7) is 1.78. The van der Waals surface area contributed by atoms with Crippen molar-refractivity contribution in [3.8, 4) is 5.75 Å². The topological polar surface area (TPSA) is 70.6 Å². The fourth-order valence-electron chi connectivity index (χ4n) is 1.66. The van der Waals surface area contributed by atoms with Crippen molar-refractivity contribution in [3.05, 3.63) is 24.3 Å². The Labute approximate surface area is 120 Å². The van der Waals surface area contributed by atoms with Crippen LogP contribution in [0.25, 0.3) is 0 Å². The van der Waals surface area contributed by atoms with E-state index < -0.39 is 18.1 Å². The highest BCUT2D eigenvalue weighted by Crippen LogP contribution is 2.24. The van der Waals surface area contributed by atoms with Gasteiger partial charge in [-0.15, -0.1) is 13.2 Å². The predicted molar refractivity (Wildman–Crippen MR) is 71.1 cm³/mol. The van der Waals surface area contributed by atoms with Crippen molar-refractivity contribution in [2.75, 3.05) is 11.9 Å². The Morgan fingerprint density at radius 1 is 1.43 bits per heavy atom. The minimum absolute atomic E-state index is 0.0618. The molecule has 1 aromatic rings. The lowest BCUT2D eigenvalue weighted by atomic mass is 10.2. The molecule has 5 nitrogen and oxygen atoms in total. The Kier molecular flexibility index (Phi) is 6.29. The van der Waals surface area contributed by atoms with Gasteiger partial charge in [-0.25, -0.2) is 4.79 Å². The second-order valence-electron chi connectivity index (χ2n) is 4.29. The van der Waals surface area contributed by atoms with Gasteiger partial charge in [-0.2, -0.15) is 0 Å². The molecule has 1 unspecified atom stereocenters. The first-order valence-corrected chi connectivity index (χ1v) is 6.38. The van der Waals surface area contributed by atoms with Crippen molar-refractivity contribution >= 4 is 11.7 Å². The van der Waals surface area contributed by atoms with E-state index in [2.05, 4.69) is 15.4 Å². The lowest BCUT2D eigenvalue weighted by Gasteiger charge is -2.16. The van der Waals surface area contributed by atoms with E-state index in [0.717, 1.165) is 12.1 Å². The van der Waals surface area contributed by atoms with Crippen molar-refractivity contribution in [1.82, 2.24) is 5.32 Å². The lowest BCUT2D eigenvalue weighted by molar-refractivity contribution is -0.274. The third-order valence-electron chi connectivity index (χ3n) is 2.63. The second-order valence-corrected chi connectivity index (χ2v) is 4.29. The van der Waals surface area contributed by atoms with Gasteiger partial charge in [0.1, 0.15) is 5.75 Å². The molecule has 0 bridgehead atoms. The highest BCUT2D eigenvalue weighted by Gasteiger charge is 2.31. The largest absolute Gasteiger partial charge is 0.573 e. The van der Waals surface area contributed by atoms with Crippen molar-refractivity contribution in [1.29, 1.82) is 0 Å². The van der Waals surface area contributed by atoms with Crippen molar-refractivity contribution in [2.24, 2.45) is 0 Å². The van der Waals surface area contributed by atoms with Gasteiger partial charge in [-0.1, -0.05) is 13.0 Å². The molecular weight excluding hydrogens is 289 g/mol. The van der Waals surface area contributed by atoms with E-state index in [0.29, 0.717) is 12.8 Å². The number of carbonyl (C=O) groups excluding carboxylic acids is 1. The normalized spacial score (nSPS) is 12.6. The van der Waals surface area contributed by atoms with Crippen LogP contribution in [0.5, 0.6) is 5.75 Å². The van der Waals surface area contributed by atoms with Gasteiger partial charge in [-0.3, -0.25) is 0 Å². The van der Waals surface area contributed by atoms with Crippen LogP contribution in [0.3, 0.4) is 0 Å². The van der Waals surface area contributed by atoms with Crippen molar-refractivity contribution in [2.45, 2.75) is 32.2 Å². The van der Waals surface area contributed by atoms with E-state index in [1.54, 1.807) is 0 Å². The minimum Gasteiger partial charge on any atom is -0.406 e. The van der Waals surface area contributed by atoms with Crippen LogP contribution in [0.4, 0.5) is 23.7 Å². The molecule has 118 valence electrons. The number of benzene rings is 1.